The first kappa shape index (κ1) is 21.3. The molecule has 0 amide bonds. The first-order chi connectivity index (χ1) is 13.8. The van der Waals surface area contributed by atoms with E-state index in [9.17, 15) is 13.2 Å². The summed E-state index contributed by atoms with van der Waals surface area (Å²) in [6, 6.07) is 17.3. The number of aromatic nitrogens is 1. The molecule has 0 aliphatic rings. The van der Waals surface area contributed by atoms with Crippen molar-refractivity contribution in [2.24, 2.45) is 7.05 Å². The maximum absolute atomic E-state index is 12.6. The van der Waals surface area contributed by atoms with Gasteiger partial charge in [-0.3, -0.25) is 4.79 Å². The van der Waals surface area contributed by atoms with Crippen LogP contribution in [-0.2, 0) is 30.2 Å². The lowest BCUT2D eigenvalue weighted by Crippen LogP contribution is -2.27. The lowest BCUT2D eigenvalue weighted by atomic mass is 10.2. The molecule has 0 aliphatic heterocycles. The normalized spacial score (nSPS) is 11.4. The number of nitrogens with one attached hydrogen (secondary N) is 1. The Balaban J connectivity index is 1.87. The number of benzene rings is 2. The molecular weight excluding hydrogens is 456 g/mol. The monoisotopic (exact) mass is 476 g/mol. The van der Waals surface area contributed by atoms with E-state index < -0.39 is 10.0 Å². The van der Waals surface area contributed by atoms with E-state index >= 15 is 0 Å². The van der Waals surface area contributed by atoms with Gasteiger partial charge in [-0.05, 0) is 36.8 Å². The van der Waals surface area contributed by atoms with E-state index in [0.717, 1.165) is 10.0 Å². The van der Waals surface area contributed by atoms with Crippen LogP contribution in [0.15, 0.2) is 74.8 Å². The third-order valence-corrected chi connectivity index (χ3v) is 6.49. The van der Waals surface area contributed by atoms with Gasteiger partial charge < -0.3 is 9.30 Å². The van der Waals surface area contributed by atoms with E-state index in [2.05, 4.69) is 20.7 Å². The highest BCUT2D eigenvalue weighted by Gasteiger charge is 2.18. The average Bonchev–Trinajstić information content (AvgIpc) is 2.70. The van der Waals surface area contributed by atoms with Crippen LogP contribution in [-0.4, -0.2) is 13.0 Å². The Kier molecular flexibility index (Phi) is 6.56. The lowest BCUT2D eigenvalue weighted by Gasteiger charge is -2.18. The molecule has 0 unspecified atom stereocenters. The fraction of sp³-hybridized carbons (Fsp3) is 0.190. The number of halogens is 1. The molecule has 0 aliphatic carbocycles. The van der Waals surface area contributed by atoms with Gasteiger partial charge in [-0.25, -0.2) is 13.1 Å². The van der Waals surface area contributed by atoms with Gasteiger partial charge >= 0.3 is 0 Å². The zero-order valence-electron chi connectivity index (χ0n) is 16.1. The van der Waals surface area contributed by atoms with Crippen LogP contribution >= 0.6 is 15.9 Å². The second-order valence-corrected chi connectivity index (χ2v) is 9.22. The summed E-state index contributed by atoms with van der Waals surface area (Å²) in [6.45, 7) is 1.93. The second-order valence-electron chi connectivity index (χ2n) is 6.54. The molecule has 8 heteroatoms. The van der Waals surface area contributed by atoms with Gasteiger partial charge in [0, 0.05) is 23.3 Å². The summed E-state index contributed by atoms with van der Waals surface area (Å²) in [7, 11) is -1.97. The Bertz CT molecular complexity index is 1160. The Morgan fingerprint density at radius 3 is 2.38 bits per heavy atom. The average molecular weight is 477 g/mol. The molecule has 0 spiro atoms. The van der Waals surface area contributed by atoms with Crippen LogP contribution in [0.1, 0.15) is 17.0 Å². The van der Waals surface area contributed by atoms with Crippen LogP contribution < -0.4 is 14.9 Å². The summed E-state index contributed by atoms with van der Waals surface area (Å²) in [6.07, 6.45) is 0. The van der Waals surface area contributed by atoms with E-state index in [4.69, 9.17) is 4.74 Å². The molecule has 0 radical (unpaired) electrons. The Labute approximate surface area is 178 Å². The number of rotatable bonds is 7. The van der Waals surface area contributed by atoms with Crippen LogP contribution in [0.25, 0.3) is 0 Å². The number of hydrogen-bond donors (Lipinski definition) is 1. The first-order valence-electron chi connectivity index (χ1n) is 8.89. The number of hydrogen-bond acceptors (Lipinski definition) is 4. The van der Waals surface area contributed by atoms with Gasteiger partial charge in [0.25, 0.3) is 0 Å². The minimum absolute atomic E-state index is 0.0735. The quantitative estimate of drug-likeness (QED) is 0.565. The van der Waals surface area contributed by atoms with Crippen LogP contribution in [0, 0.1) is 6.92 Å². The van der Waals surface area contributed by atoms with Crippen molar-refractivity contribution in [1.29, 1.82) is 0 Å². The smallest absolute Gasteiger partial charge is 0.240 e. The molecule has 0 saturated carbocycles. The van der Waals surface area contributed by atoms with Gasteiger partial charge in [-0.1, -0.05) is 46.3 Å². The number of aryl methyl sites for hydroxylation is 1. The SMILES string of the molecule is Cc1cc(=O)c(OCc2ccccc2)c(CNS(=O)(=O)c2ccc(Br)cc2)n1C. The van der Waals surface area contributed by atoms with Crippen LogP contribution in [0.4, 0.5) is 0 Å². The van der Waals surface area contributed by atoms with Crippen molar-refractivity contribution in [3.05, 3.63) is 92.3 Å². The fourth-order valence-corrected chi connectivity index (χ4v) is 4.06. The molecule has 0 bridgehead atoms. The molecule has 0 atom stereocenters. The van der Waals surface area contributed by atoms with E-state index in [1.807, 2.05) is 30.3 Å². The van der Waals surface area contributed by atoms with Crippen molar-refractivity contribution in [3.8, 4) is 5.75 Å². The molecule has 6 nitrogen and oxygen atoms in total. The highest BCUT2D eigenvalue weighted by Crippen LogP contribution is 2.19. The highest BCUT2D eigenvalue weighted by molar-refractivity contribution is 9.10. The molecule has 1 N–H and O–H groups in total. The van der Waals surface area contributed by atoms with Gasteiger partial charge in [-0.15, -0.1) is 0 Å². The summed E-state index contributed by atoms with van der Waals surface area (Å²) in [4.78, 5) is 12.7. The van der Waals surface area contributed by atoms with E-state index in [1.165, 1.54) is 18.2 Å². The predicted octanol–water partition coefficient (Wildman–Crippen LogP) is 3.51. The largest absolute Gasteiger partial charge is 0.483 e. The molecule has 1 heterocycles. The topological polar surface area (TPSA) is 77.4 Å². The highest BCUT2D eigenvalue weighted by atomic mass is 79.9. The summed E-state index contributed by atoms with van der Waals surface area (Å²) in [5, 5.41) is 0. The van der Waals surface area contributed by atoms with Crippen molar-refractivity contribution in [2.45, 2.75) is 25.0 Å². The van der Waals surface area contributed by atoms with Crippen molar-refractivity contribution < 1.29 is 13.2 Å². The molecular formula is C21H21BrN2O4S. The van der Waals surface area contributed by atoms with Crippen LogP contribution in [0.2, 0.25) is 0 Å². The third-order valence-electron chi connectivity index (χ3n) is 4.54. The molecule has 2 aromatic carbocycles. The van der Waals surface area contributed by atoms with Gasteiger partial charge in [0.2, 0.25) is 15.5 Å². The third kappa shape index (κ3) is 5.14. The fourth-order valence-electron chi connectivity index (χ4n) is 2.80. The number of sulfonamides is 1. The van der Waals surface area contributed by atoms with Crippen molar-refractivity contribution >= 4 is 26.0 Å². The maximum Gasteiger partial charge on any atom is 0.240 e. The zero-order valence-corrected chi connectivity index (χ0v) is 18.5. The van der Waals surface area contributed by atoms with Crippen molar-refractivity contribution in [3.63, 3.8) is 0 Å². The minimum atomic E-state index is -3.74. The van der Waals surface area contributed by atoms with Gasteiger partial charge in [0.05, 0.1) is 17.1 Å². The van der Waals surface area contributed by atoms with E-state index in [-0.39, 0.29) is 29.2 Å². The van der Waals surface area contributed by atoms with Gasteiger partial charge in [0.1, 0.15) is 6.61 Å². The Morgan fingerprint density at radius 1 is 1.07 bits per heavy atom. The second kappa shape index (κ2) is 8.94. The first-order valence-corrected chi connectivity index (χ1v) is 11.2. The molecule has 3 rings (SSSR count). The molecule has 3 aromatic rings. The molecule has 1 aromatic heterocycles. The molecule has 152 valence electrons. The minimum Gasteiger partial charge on any atom is -0.483 e. The standard InChI is InChI=1S/C21H21BrN2O4S/c1-15-12-20(25)21(28-14-16-6-4-3-5-7-16)19(24(15)2)13-23-29(26,27)18-10-8-17(22)9-11-18/h3-12,23H,13-14H2,1-2H3. The summed E-state index contributed by atoms with van der Waals surface area (Å²) >= 11 is 3.29. The number of nitrogens with zero attached hydrogens (tertiary/aromatic N) is 1. The van der Waals surface area contributed by atoms with Crippen LogP contribution in [0.3, 0.4) is 0 Å². The lowest BCUT2D eigenvalue weighted by molar-refractivity contribution is 0.295. The summed E-state index contributed by atoms with van der Waals surface area (Å²) in [5.41, 5.74) is 1.80. The summed E-state index contributed by atoms with van der Waals surface area (Å²) < 4.78 is 36.2. The molecule has 29 heavy (non-hydrogen) atoms. The Hall–Kier alpha value is -2.42. The predicted molar refractivity (Wildman–Crippen MR) is 115 cm³/mol. The van der Waals surface area contributed by atoms with E-state index in [0.29, 0.717) is 11.4 Å². The summed E-state index contributed by atoms with van der Waals surface area (Å²) in [5.74, 6) is 0.139. The van der Waals surface area contributed by atoms with Crippen molar-refractivity contribution in [2.75, 3.05) is 0 Å². The zero-order chi connectivity index (χ0) is 21.0. The molecule has 0 fully saturated rings. The Morgan fingerprint density at radius 2 is 1.72 bits per heavy atom. The number of pyridine rings is 1. The van der Waals surface area contributed by atoms with E-state index in [1.54, 1.807) is 30.7 Å². The molecule has 0 saturated heterocycles. The number of ether oxygens (including phenoxy) is 1. The van der Waals surface area contributed by atoms with Gasteiger partial charge in [0.15, 0.2) is 5.75 Å². The van der Waals surface area contributed by atoms with Gasteiger partial charge in [-0.2, -0.15) is 0 Å². The van der Waals surface area contributed by atoms with Crippen LogP contribution in [0.5, 0.6) is 5.75 Å². The maximum atomic E-state index is 12.6. The van der Waals surface area contributed by atoms with Crippen molar-refractivity contribution in [1.82, 2.24) is 9.29 Å².